The van der Waals surface area contributed by atoms with Crippen molar-refractivity contribution in [1.29, 1.82) is 0 Å². The zero-order valence-electron chi connectivity index (χ0n) is 8.29. The molecule has 0 aromatic heterocycles. The summed E-state index contributed by atoms with van der Waals surface area (Å²) < 4.78 is 0. The van der Waals surface area contributed by atoms with Gasteiger partial charge in [0.1, 0.15) is 12.0 Å². The van der Waals surface area contributed by atoms with Gasteiger partial charge in [-0.1, -0.05) is 13.0 Å². The largest absolute Gasteiger partial charge is 0.507 e. The molecule has 0 unspecified atom stereocenters. The van der Waals surface area contributed by atoms with Crippen molar-refractivity contribution >= 4 is 6.29 Å². The summed E-state index contributed by atoms with van der Waals surface area (Å²) in [7, 11) is 0. The topological polar surface area (TPSA) is 37.3 Å². The summed E-state index contributed by atoms with van der Waals surface area (Å²) in [6, 6.07) is 3.41. The number of carbonyl (C=O) groups is 1. The zero-order valence-corrected chi connectivity index (χ0v) is 8.29. The minimum absolute atomic E-state index is 0.290. The third-order valence-electron chi connectivity index (χ3n) is 2.17. The second kappa shape index (κ2) is 4.61. The van der Waals surface area contributed by atoms with E-state index in [1.165, 1.54) is 0 Å². The fourth-order valence-electron chi connectivity index (χ4n) is 1.44. The van der Waals surface area contributed by atoms with Crippen LogP contribution in [-0.4, -0.2) is 11.4 Å². The Morgan fingerprint density at radius 1 is 1.43 bits per heavy atom. The third-order valence-corrected chi connectivity index (χ3v) is 2.17. The molecule has 0 spiro atoms. The number of hydrogen-bond donors (Lipinski definition) is 1. The standard InChI is InChI=1S/C12H14O2/c1-3-5-11-7-9(8-13)6-10(4-2)12(11)14/h3,6-8,14H,1,4-5H2,2H3. The van der Waals surface area contributed by atoms with E-state index in [9.17, 15) is 9.90 Å². The van der Waals surface area contributed by atoms with Crippen LogP contribution in [0.2, 0.25) is 0 Å². The monoisotopic (exact) mass is 190 g/mol. The van der Waals surface area contributed by atoms with Gasteiger partial charge in [0.05, 0.1) is 0 Å². The van der Waals surface area contributed by atoms with Crippen molar-refractivity contribution in [1.82, 2.24) is 0 Å². The van der Waals surface area contributed by atoms with E-state index in [-0.39, 0.29) is 5.75 Å². The molecule has 74 valence electrons. The van der Waals surface area contributed by atoms with E-state index >= 15 is 0 Å². The quantitative estimate of drug-likeness (QED) is 0.585. The first-order chi connectivity index (χ1) is 6.72. The van der Waals surface area contributed by atoms with Crippen LogP contribution in [0.5, 0.6) is 5.75 Å². The van der Waals surface area contributed by atoms with Gasteiger partial charge in [0.2, 0.25) is 0 Å². The molecule has 0 aliphatic rings. The van der Waals surface area contributed by atoms with Gasteiger partial charge in [-0.25, -0.2) is 0 Å². The average Bonchev–Trinajstić information content (AvgIpc) is 2.21. The van der Waals surface area contributed by atoms with Crippen LogP contribution in [0.3, 0.4) is 0 Å². The van der Waals surface area contributed by atoms with Crippen molar-refractivity contribution in [2.75, 3.05) is 0 Å². The third kappa shape index (κ3) is 2.02. The van der Waals surface area contributed by atoms with Gasteiger partial charge in [-0.2, -0.15) is 0 Å². The number of allylic oxidation sites excluding steroid dienone is 1. The highest BCUT2D eigenvalue weighted by Gasteiger charge is 2.07. The lowest BCUT2D eigenvalue weighted by Gasteiger charge is -2.08. The van der Waals surface area contributed by atoms with Crippen molar-refractivity contribution in [3.05, 3.63) is 41.5 Å². The molecule has 0 fully saturated rings. The fraction of sp³-hybridized carbons (Fsp3) is 0.250. The van der Waals surface area contributed by atoms with Crippen molar-refractivity contribution in [2.24, 2.45) is 0 Å². The SMILES string of the molecule is C=CCc1cc(C=O)cc(CC)c1O. The molecule has 14 heavy (non-hydrogen) atoms. The highest BCUT2D eigenvalue weighted by Crippen LogP contribution is 2.25. The molecule has 0 saturated heterocycles. The van der Waals surface area contributed by atoms with Gasteiger partial charge in [0, 0.05) is 5.56 Å². The van der Waals surface area contributed by atoms with Gasteiger partial charge in [0.15, 0.2) is 0 Å². The Labute approximate surface area is 83.9 Å². The summed E-state index contributed by atoms with van der Waals surface area (Å²) in [5, 5.41) is 9.78. The Balaban J connectivity index is 3.25. The molecular formula is C12H14O2. The molecule has 0 radical (unpaired) electrons. The molecule has 2 heteroatoms. The van der Waals surface area contributed by atoms with Gasteiger partial charge in [-0.15, -0.1) is 6.58 Å². The first-order valence-corrected chi connectivity index (χ1v) is 4.63. The number of rotatable bonds is 4. The molecule has 0 saturated carbocycles. The molecular weight excluding hydrogens is 176 g/mol. The molecule has 0 aliphatic carbocycles. The highest BCUT2D eigenvalue weighted by molar-refractivity contribution is 5.76. The maximum Gasteiger partial charge on any atom is 0.150 e. The molecule has 0 bridgehead atoms. The van der Waals surface area contributed by atoms with Crippen LogP contribution >= 0.6 is 0 Å². The van der Waals surface area contributed by atoms with Gasteiger partial charge in [-0.3, -0.25) is 4.79 Å². The lowest BCUT2D eigenvalue weighted by molar-refractivity contribution is 0.112. The van der Waals surface area contributed by atoms with Crippen molar-refractivity contribution in [2.45, 2.75) is 19.8 Å². The molecule has 1 aromatic carbocycles. The Morgan fingerprint density at radius 2 is 2.07 bits per heavy atom. The molecule has 0 amide bonds. The summed E-state index contributed by atoms with van der Waals surface area (Å²) in [6.45, 7) is 5.55. The number of phenolic OH excluding ortho intramolecular Hbond substituents is 1. The van der Waals surface area contributed by atoms with E-state index in [1.54, 1.807) is 18.2 Å². The fourth-order valence-corrected chi connectivity index (χ4v) is 1.44. The number of hydrogen-bond acceptors (Lipinski definition) is 2. The maximum atomic E-state index is 10.6. The summed E-state index contributed by atoms with van der Waals surface area (Å²) >= 11 is 0. The number of aldehydes is 1. The van der Waals surface area contributed by atoms with E-state index in [2.05, 4.69) is 6.58 Å². The van der Waals surface area contributed by atoms with E-state index in [0.29, 0.717) is 12.0 Å². The number of aromatic hydroxyl groups is 1. The van der Waals surface area contributed by atoms with Gasteiger partial charge in [-0.05, 0) is 36.1 Å². The van der Waals surface area contributed by atoms with Gasteiger partial charge >= 0.3 is 0 Å². The summed E-state index contributed by atoms with van der Waals surface area (Å²) in [5.41, 5.74) is 2.18. The van der Waals surface area contributed by atoms with Crippen LogP contribution in [0.1, 0.15) is 28.4 Å². The molecule has 1 N–H and O–H groups in total. The predicted octanol–water partition coefficient (Wildman–Crippen LogP) is 2.50. The minimum atomic E-state index is 0.290. The minimum Gasteiger partial charge on any atom is -0.507 e. The number of phenols is 1. The van der Waals surface area contributed by atoms with Crippen molar-refractivity contribution in [3.63, 3.8) is 0 Å². The second-order valence-electron chi connectivity index (χ2n) is 3.15. The lowest BCUT2D eigenvalue weighted by atomic mass is 10.0. The predicted molar refractivity (Wildman–Crippen MR) is 56.8 cm³/mol. The normalized spacial score (nSPS) is 9.79. The summed E-state index contributed by atoms with van der Waals surface area (Å²) in [6.07, 6.45) is 3.81. The van der Waals surface area contributed by atoms with Crippen LogP contribution in [0, 0.1) is 0 Å². The van der Waals surface area contributed by atoms with Crippen LogP contribution in [0.15, 0.2) is 24.8 Å². The second-order valence-corrected chi connectivity index (χ2v) is 3.15. The first-order valence-electron chi connectivity index (χ1n) is 4.63. The maximum absolute atomic E-state index is 10.6. The Hall–Kier alpha value is -1.57. The molecule has 1 rings (SSSR count). The van der Waals surface area contributed by atoms with E-state index in [0.717, 1.165) is 23.8 Å². The van der Waals surface area contributed by atoms with E-state index < -0.39 is 0 Å². The van der Waals surface area contributed by atoms with Gasteiger partial charge < -0.3 is 5.11 Å². The average molecular weight is 190 g/mol. The number of carbonyl (C=O) groups excluding carboxylic acids is 1. The molecule has 0 aliphatic heterocycles. The first kappa shape index (κ1) is 10.5. The van der Waals surface area contributed by atoms with E-state index in [1.807, 2.05) is 6.92 Å². The smallest absolute Gasteiger partial charge is 0.150 e. The van der Waals surface area contributed by atoms with Crippen molar-refractivity contribution < 1.29 is 9.90 Å². The van der Waals surface area contributed by atoms with E-state index in [4.69, 9.17) is 0 Å². The summed E-state index contributed by atoms with van der Waals surface area (Å²) in [5.74, 6) is 0.290. The van der Waals surface area contributed by atoms with Crippen LogP contribution < -0.4 is 0 Å². The number of aryl methyl sites for hydroxylation is 1. The highest BCUT2D eigenvalue weighted by atomic mass is 16.3. The Kier molecular flexibility index (Phi) is 3.46. The van der Waals surface area contributed by atoms with Crippen LogP contribution in [-0.2, 0) is 12.8 Å². The Morgan fingerprint density at radius 3 is 2.57 bits per heavy atom. The number of benzene rings is 1. The Bertz CT molecular complexity index is 354. The van der Waals surface area contributed by atoms with Crippen LogP contribution in [0.25, 0.3) is 0 Å². The van der Waals surface area contributed by atoms with Gasteiger partial charge in [0.25, 0.3) is 0 Å². The molecule has 0 heterocycles. The van der Waals surface area contributed by atoms with Crippen molar-refractivity contribution in [3.8, 4) is 5.75 Å². The lowest BCUT2D eigenvalue weighted by Crippen LogP contribution is -1.92. The summed E-state index contributed by atoms with van der Waals surface area (Å²) in [4.78, 5) is 10.6. The molecule has 2 nitrogen and oxygen atoms in total. The molecule has 1 aromatic rings. The molecule has 0 atom stereocenters. The zero-order chi connectivity index (χ0) is 10.6. The van der Waals surface area contributed by atoms with Crippen LogP contribution in [0.4, 0.5) is 0 Å².